The quantitative estimate of drug-likeness (QED) is 0.700. The van der Waals surface area contributed by atoms with E-state index in [-0.39, 0.29) is 0 Å². The Morgan fingerprint density at radius 3 is 2.20 bits per heavy atom. The van der Waals surface area contributed by atoms with Crippen molar-refractivity contribution in [1.82, 2.24) is 0 Å². The predicted molar refractivity (Wildman–Crippen MR) is 86.6 cm³/mol. The van der Waals surface area contributed by atoms with Crippen LogP contribution in [0.4, 0.5) is 0 Å². The summed E-state index contributed by atoms with van der Waals surface area (Å²) in [6.07, 6.45) is 0. The molecule has 0 N–H and O–H groups in total. The van der Waals surface area contributed by atoms with Crippen LogP contribution in [0.3, 0.4) is 0 Å². The van der Waals surface area contributed by atoms with Crippen LogP contribution in [0, 0.1) is 0 Å². The maximum absolute atomic E-state index is 5.39. The number of methoxy groups -OCH3 is 1. The van der Waals surface area contributed by atoms with Gasteiger partial charge in [0.05, 0.1) is 7.11 Å². The minimum Gasteiger partial charge on any atom is -0.497 e. The molecule has 2 aromatic carbocycles. The van der Waals surface area contributed by atoms with E-state index in [1.165, 1.54) is 22.3 Å². The fourth-order valence-electron chi connectivity index (χ4n) is 2.48. The number of hydrogen-bond donors (Lipinski definition) is 0. The zero-order valence-electron chi connectivity index (χ0n) is 13.1. The van der Waals surface area contributed by atoms with Crippen LogP contribution in [-0.2, 0) is 0 Å². The van der Waals surface area contributed by atoms with Gasteiger partial charge in [0.25, 0.3) is 0 Å². The Morgan fingerprint density at radius 1 is 0.850 bits per heavy atom. The lowest BCUT2D eigenvalue weighted by molar-refractivity contribution is 0.415. The van der Waals surface area contributed by atoms with Crippen molar-refractivity contribution in [2.24, 2.45) is 0 Å². The largest absolute Gasteiger partial charge is 0.497 e. The number of benzene rings is 2. The van der Waals surface area contributed by atoms with Gasteiger partial charge >= 0.3 is 0 Å². The second-order valence-corrected chi connectivity index (χ2v) is 5.89. The van der Waals surface area contributed by atoms with E-state index >= 15 is 0 Å². The summed E-state index contributed by atoms with van der Waals surface area (Å²) in [6.45, 7) is 8.93. The lowest BCUT2D eigenvalue weighted by Gasteiger charge is -2.16. The van der Waals surface area contributed by atoms with E-state index in [1.807, 2.05) is 6.07 Å². The van der Waals surface area contributed by atoms with E-state index < -0.39 is 0 Å². The summed E-state index contributed by atoms with van der Waals surface area (Å²) in [6, 6.07) is 15.2. The average Bonchev–Trinajstić information content (AvgIpc) is 2.46. The van der Waals surface area contributed by atoms with Gasteiger partial charge in [0, 0.05) is 0 Å². The standard InChI is InChI=1S/C19H24O/c1-13(2)15-7-6-8-16(11-15)19-12-17(20-5)9-10-18(19)14(3)4/h6-14H,1-5H3. The highest BCUT2D eigenvalue weighted by molar-refractivity contribution is 5.70. The van der Waals surface area contributed by atoms with E-state index in [0.717, 1.165) is 5.75 Å². The molecule has 0 unspecified atom stereocenters. The van der Waals surface area contributed by atoms with Crippen molar-refractivity contribution in [2.75, 3.05) is 7.11 Å². The molecule has 1 nitrogen and oxygen atoms in total. The van der Waals surface area contributed by atoms with Gasteiger partial charge in [-0.2, -0.15) is 0 Å². The summed E-state index contributed by atoms with van der Waals surface area (Å²) >= 11 is 0. The molecular formula is C19H24O. The van der Waals surface area contributed by atoms with Gasteiger partial charge in [-0.05, 0) is 46.2 Å². The van der Waals surface area contributed by atoms with Gasteiger partial charge in [-0.1, -0.05) is 58.0 Å². The van der Waals surface area contributed by atoms with Crippen LogP contribution in [0.1, 0.15) is 50.7 Å². The monoisotopic (exact) mass is 268 g/mol. The van der Waals surface area contributed by atoms with Gasteiger partial charge in [0.1, 0.15) is 5.75 Å². The molecular weight excluding hydrogens is 244 g/mol. The van der Waals surface area contributed by atoms with Gasteiger partial charge in [-0.15, -0.1) is 0 Å². The fourth-order valence-corrected chi connectivity index (χ4v) is 2.48. The first kappa shape index (κ1) is 14.6. The SMILES string of the molecule is COc1ccc(C(C)C)c(-c2cccc(C(C)C)c2)c1. The molecule has 0 aliphatic carbocycles. The Labute approximate surface area is 122 Å². The summed E-state index contributed by atoms with van der Waals surface area (Å²) in [5.41, 5.74) is 5.30. The van der Waals surface area contributed by atoms with Crippen LogP contribution < -0.4 is 4.74 Å². The van der Waals surface area contributed by atoms with E-state index in [2.05, 4.69) is 64.1 Å². The molecule has 2 rings (SSSR count). The first-order chi connectivity index (χ1) is 9.52. The summed E-state index contributed by atoms with van der Waals surface area (Å²) in [5.74, 6) is 1.96. The molecule has 0 saturated carbocycles. The molecule has 0 atom stereocenters. The maximum atomic E-state index is 5.39. The Hall–Kier alpha value is -1.76. The predicted octanol–water partition coefficient (Wildman–Crippen LogP) is 5.61. The molecule has 0 aliphatic rings. The summed E-state index contributed by atoms with van der Waals surface area (Å²) in [7, 11) is 1.72. The Balaban J connectivity index is 2.57. The van der Waals surface area contributed by atoms with Crippen molar-refractivity contribution in [3.05, 3.63) is 53.6 Å². The van der Waals surface area contributed by atoms with Gasteiger partial charge in [0.15, 0.2) is 0 Å². The van der Waals surface area contributed by atoms with Crippen LogP contribution in [-0.4, -0.2) is 7.11 Å². The third-order valence-corrected chi connectivity index (χ3v) is 3.75. The van der Waals surface area contributed by atoms with E-state index in [0.29, 0.717) is 11.8 Å². The molecule has 0 spiro atoms. The van der Waals surface area contributed by atoms with Gasteiger partial charge in [0.2, 0.25) is 0 Å². The summed E-state index contributed by atoms with van der Waals surface area (Å²) < 4.78 is 5.39. The second kappa shape index (κ2) is 6.13. The molecule has 20 heavy (non-hydrogen) atoms. The van der Waals surface area contributed by atoms with Gasteiger partial charge in [-0.25, -0.2) is 0 Å². The summed E-state index contributed by atoms with van der Waals surface area (Å²) in [4.78, 5) is 0. The fraction of sp³-hybridized carbons (Fsp3) is 0.368. The van der Waals surface area contributed by atoms with Gasteiger partial charge in [-0.3, -0.25) is 0 Å². The molecule has 106 valence electrons. The zero-order chi connectivity index (χ0) is 14.7. The number of ether oxygens (including phenoxy) is 1. The van der Waals surface area contributed by atoms with Crippen molar-refractivity contribution in [3.8, 4) is 16.9 Å². The van der Waals surface area contributed by atoms with Crippen molar-refractivity contribution in [3.63, 3.8) is 0 Å². The molecule has 0 bridgehead atoms. The molecule has 0 aliphatic heterocycles. The molecule has 0 fully saturated rings. The second-order valence-electron chi connectivity index (χ2n) is 5.89. The molecule has 2 aromatic rings. The Kier molecular flexibility index (Phi) is 4.49. The average molecular weight is 268 g/mol. The molecule has 0 aromatic heterocycles. The van der Waals surface area contributed by atoms with Crippen molar-refractivity contribution >= 4 is 0 Å². The van der Waals surface area contributed by atoms with Crippen LogP contribution >= 0.6 is 0 Å². The van der Waals surface area contributed by atoms with Crippen LogP contribution in [0.5, 0.6) is 5.75 Å². The third-order valence-electron chi connectivity index (χ3n) is 3.75. The third kappa shape index (κ3) is 3.04. The molecule has 1 heteroatoms. The van der Waals surface area contributed by atoms with E-state index in [4.69, 9.17) is 4.74 Å². The first-order valence-corrected chi connectivity index (χ1v) is 7.31. The number of hydrogen-bond acceptors (Lipinski definition) is 1. The van der Waals surface area contributed by atoms with Crippen molar-refractivity contribution in [1.29, 1.82) is 0 Å². The molecule has 0 amide bonds. The summed E-state index contributed by atoms with van der Waals surface area (Å²) in [5, 5.41) is 0. The van der Waals surface area contributed by atoms with Crippen molar-refractivity contribution in [2.45, 2.75) is 39.5 Å². The van der Waals surface area contributed by atoms with Crippen molar-refractivity contribution < 1.29 is 4.74 Å². The lowest BCUT2D eigenvalue weighted by atomic mass is 9.90. The minimum absolute atomic E-state index is 0.499. The highest BCUT2D eigenvalue weighted by Gasteiger charge is 2.11. The van der Waals surface area contributed by atoms with E-state index in [1.54, 1.807) is 7.11 Å². The smallest absolute Gasteiger partial charge is 0.119 e. The maximum Gasteiger partial charge on any atom is 0.119 e. The molecule has 0 saturated heterocycles. The van der Waals surface area contributed by atoms with E-state index in [9.17, 15) is 0 Å². The molecule has 0 heterocycles. The van der Waals surface area contributed by atoms with Crippen LogP contribution in [0.15, 0.2) is 42.5 Å². The molecule has 0 radical (unpaired) electrons. The highest BCUT2D eigenvalue weighted by atomic mass is 16.5. The van der Waals surface area contributed by atoms with Crippen LogP contribution in [0.2, 0.25) is 0 Å². The van der Waals surface area contributed by atoms with Gasteiger partial charge < -0.3 is 4.74 Å². The normalized spacial score (nSPS) is 11.2. The topological polar surface area (TPSA) is 9.23 Å². The first-order valence-electron chi connectivity index (χ1n) is 7.31. The lowest BCUT2D eigenvalue weighted by Crippen LogP contribution is -1.95. The number of rotatable bonds is 4. The highest BCUT2D eigenvalue weighted by Crippen LogP contribution is 2.33. The Bertz CT molecular complexity index is 582. The zero-order valence-corrected chi connectivity index (χ0v) is 13.1. The minimum atomic E-state index is 0.499. The Morgan fingerprint density at radius 2 is 1.60 bits per heavy atom. The van der Waals surface area contributed by atoms with Crippen LogP contribution in [0.25, 0.3) is 11.1 Å².